The van der Waals surface area contributed by atoms with Gasteiger partial charge in [0, 0.05) is 16.2 Å². The second-order valence-electron chi connectivity index (χ2n) is 6.14. The van der Waals surface area contributed by atoms with Crippen molar-refractivity contribution in [2.75, 3.05) is 10.6 Å². The maximum Gasteiger partial charge on any atom is 0.353 e. The van der Waals surface area contributed by atoms with Crippen molar-refractivity contribution in [1.82, 2.24) is 9.97 Å². The van der Waals surface area contributed by atoms with E-state index in [1.165, 1.54) is 19.2 Å². The van der Waals surface area contributed by atoms with Crippen LogP contribution in [0.15, 0.2) is 35.1 Å². The van der Waals surface area contributed by atoms with E-state index in [2.05, 4.69) is 36.5 Å². The van der Waals surface area contributed by atoms with Gasteiger partial charge in [-0.25, -0.2) is 9.97 Å². The largest absolute Gasteiger partial charge is 0.361 e. The Hall–Kier alpha value is -2.22. The maximum absolute atomic E-state index is 11.6. The number of benzene rings is 1. The number of hydrogen-bond donors (Lipinski definition) is 2. The van der Waals surface area contributed by atoms with E-state index in [-0.39, 0.29) is 23.4 Å². The van der Waals surface area contributed by atoms with Crippen molar-refractivity contribution >= 4 is 38.9 Å². The Bertz CT molecular complexity index is 748. The summed E-state index contributed by atoms with van der Waals surface area (Å²) in [7, 11) is 0. The summed E-state index contributed by atoms with van der Waals surface area (Å²) < 4.78 is 0.881. The molecule has 1 fully saturated rings. The summed E-state index contributed by atoms with van der Waals surface area (Å²) in [4.78, 5) is 19.4. The van der Waals surface area contributed by atoms with Gasteiger partial charge in [-0.2, -0.15) is 0 Å². The van der Waals surface area contributed by atoms with Crippen molar-refractivity contribution in [3.63, 3.8) is 0 Å². The molecule has 132 valence electrons. The molecule has 0 spiro atoms. The van der Waals surface area contributed by atoms with Gasteiger partial charge in [0.1, 0.15) is 6.33 Å². The summed E-state index contributed by atoms with van der Waals surface area (Å²) >= 11 is 3.39. The summed E-state index contributed by atoms with van der Waals surface area (Å²) in [5.74, 6) is 0.471. The molecule has 2 N–H and O–H groups in total. The van der Waals surface area contributed by atoms with Gasteiger partial charge in [-0.15, -0.1) is 0 Å². The molecule has 3 rings (SSSR count). The Labute approximate surface area is 154 Å². The molecule has 0 saturated heterocycles. The minimum atomic E-state index is -0.431. The highest BCUT2D eigenvalue weighted by atomic mass is 79.9. The molecule has 7 nitrogen and oxygen atoms in total. The molecule has 1 aromatic carbocycles. The van der Waals surface area contributed by atoms with Gasteiger partial charge >= 0.3 is 5.69 Å². The van der Waals surface area contributed by atoms with Crippen LogP contribution in [0, 0.1) is 10.1 Å². The quantitative estimate of drug-likeness (QED) is 0.411. The third kappa shape index (κ3) is 4.66. The highest BCUT2D eigenvalue weighted by Crippen LogP contribution is 2.33. The molecule has 0 atom stereocenters. The van der Waals surface area contributed by atoms with E-state index in [0.29, 0.717) is 0 Å². The predicted octanol–water partition coefficient (Wildman–Crippen LogP) is 5.03. The number of hydrogen-bond acceptors (Lipinski definition) is 6. The highest BCUT2D eigenvalue weighted by Gasteiger charge is 2.25. The topological polar surface area (TPSA) is 93.0 Å². The molecule has 0 unspecified atom stereocenters. The number of nitrogens with zero attached hydrogens (tertiary/aromatic N) is 3. The Balaban J connectivity index is 1.87. The molecular weight excluding hydrogens is 386 g/mol. The molecule has 1 aromatic heterocycles. The van der Waals surface area contributed by atoms with E-state index in [4.69, 9.17) is 0 Å². The van der Waals surface area contributed by atoms with E-state index in [1.54, 1.807) is 0 Å². The molecular formula is C17H20BrN5O2. The fraction of sp³-hybridized carbons (Fsp3) is 0.412. The molecule has 1 aliphatic carbocycles. The normalized spacial score (nSPS) is 15.4. The van der Waals surface area contributed by atoms with Gasteiger partial charge in [0.2, 0.25) is 11.6 Å². The van der Waals surface area contributed by atoms with Gasteiger partial charge in [0.15, 0.2) is 0 Å². The van der Waals surface area contributed by atoms with Crippen LogP contribution in [-0.2, 0) is 0 Å². The van der Waals surface area contributed by atoms with Crippen LogP contribution in [0.2, 0.25) is 0 Å². The van der Waals surface area contributed by atoms with E-state index >= 15 is 0 Å². The summed E-state index contributed by atoms with van der Waals surface area (Å²) in [5, 5.41) is 17.9. The first-order valence-corrected chi connectivity index (χ1v) is 9.21. The zero-order valence-corrected chi connectivity index (χ0v) is 15.3. The Morgan fingerprint density at radius 2 is 1.84 bits per heavy atom. The molecule has 2 aromatic rings. The average molecular weight is 406 g/mol. The summed E-state index contributed by atoms with van der Waals surface area (Å²) in [6.45, 7) is 0. The molecule has 0 radical (unpaired) electrons. The summed E-state index contributed by atoms with van der Waals surface area (Å²) in [6.07, 6.45) is 8.09. The molecule has 8 heteroatoms. The summed E-state index contributed by atoms with van der Waals surface area (Å²) in [6, 6.07) is 7.62. The Morgan fingerprint density at radius 3 is 2.52 bits per heavy atom. The predicted molar refractivity (Wildman–Crippen MR) is 101 cm³/mol. The van der Waals surface area contributed by atoms with Crippen molar-refractivity contribution in [3.05, 3.63) is 45.2 Å². The molecule has 1 saturated carbocycles. The number of nitro groups is 1. The lowest BCUT2D eigenvalue weighted by atomic mass is 10.1. The molecule has 1 aliphatic rings. The van der Waals surface area contributed by atoms with Crippen LogP contribution in [-0.4, -0.2) is 20.9 Å². The van der Waals surface area contributed by atoms with Crippen molar-refractivity contribution < 1.29 is 4.92 Å². The zero-order valence-electron chi connectivity index (χ0n) is 13.7. The van der Waals surface area contributed by atoms with Gasteiger partial charge in [0.05, 0.1) is 4.92 Å². The fourth-order valence-corrected chi connectivity index (χ4v) is 3.47. The number of anilines is 3. The Kier molecular flexibility index (Phi) is 5.80. The minimum Gasteiger partial charge on any atom is -0.361 e. The zero-order chi connectivity index (χ0) is 17.6. The summed E-state index contributed by atoms with van der Waals surface area (Å²) in [5.41, 5.74) is 0.600. The Morgan fingerprint density at radius 1 is 1.12 bits per heavy atom. The first kappa shape index (κ1) is 17.6. The third-order valence-electron chi connectivity index (χ3n) is 4.29. The van der Waals surface area contributed by atoms with Crippen molar-refractivity contribution in [2.24, 2.45) is 0 Å². The number of halogens is 1. The van der Waals surface area contributed by atoms with Crippen molar-refractivity contribution in [3.8, 4) is 0 Å². The van der Waals surface area contributed by atoms with E-state index in [9.17, 15) is 10.1 Å². The lowest BCUT2D eigenvalue weighted by Gasteiger charge is -2.17. The average Bonchev–Trinajstić information content (AvgIpc) is 2.83. The molecule has 25 heavy (non-hydrogen) atoms. The lowest BCUT2D eigenvalue weighted by molar-refractivity contribution is -0.383. The standard InChI is InChI=1S/C17H20BrN5O2/c18-12-6-5-9-14(10-12)22-17-15(23(24)25)16(19-11-20-17)21-13-7-3-1-2-4-8-13/h5-6,9-11,13H,1-4,7-8H2,(H2,19,20,21,22). The molecule has 0 bridgehead atoms. The van der Waals surface area contributed by atoms with Crippen LogP contribution >= 0.6 is 15.9 Å². The van der Waals surface area contributed by atoms with E-state index < -0.39 is 4.92 Å². The van der Waals surface area contributed by atoms with Crippen LogP contribution in [0.1, 0.15) is 38.5 Å². The van der Waals surface area contributed by atoms with Crippen LogP contribution in [0.3, 0.4) is 0 Å². The monoisotopic (exact) mass is 405 g/mol. The molecule has 0 amide bonds. The number of nitrogens with one attached hydrogen (secondary N) is 2. The van der Waals surface area contributed by atoms with Gasteiger partial charge in [-0.3, -0.25) is 10.1 Å². The second kappa shape index (κ2) is 8.24. The van der Waals surface area contributed by atoms with Crippen molar-refractivity contribution in [1.29, 1.82) is 0 Å². The van der Waals surface area contributed by atoms with Crippen LogP contribution in [0.25, 0.3) is 0 Å². The van der Waals surface area contributed by atoms with E-state index in [0.717, 1.165) is 35.8 Å². The second-order valence-corrected chi connectivity index (χ2v) is 7.06. The van der Waals surface area contributed by atoms with Crippen LogP contribution < -0.4 is 10.6 Å². The highest BCUT2D eigenvalue weighted by molar-refractivity contribution is 9.10. The minimum absolute atomic E-state index is 0.119. The van der Waals surface area contributed by atoms with Gasteiger partial charge < -0.3 is 10.6 Å². The van der Waals surface area contributed by atoms with E-state index in [1.807, 2.05) is 24.3 Å². The number of rotatable bonds is 5. The first-order valence-electron chi connectivity index (χ1n) is 8.42. The lowest BCUT2D eigenvalue weighted by Crippen LogP contribution is -2.20. The fourth-order valence-electron chi connectivity index (χ4n) is 3.07. The molecule has 0 aliphatic heterocycles. The number of aromatic nitrogens is 2. The van der Waals surface area contributed by atoms with Gasteiger partial charge in [-0.05, 0) is 31.0 Å². The van der Waals surface area contributed by atoms with Gasteiger partial charge in [0.25, 0.3) is 0 Å². The smallest absolute Gasteiger partial charge is 0.353 e. The van der Waals surface area contributed by atoms with Crippen molar-refractivity contribution in [2.45, 2.75) is 44.6 Å². The third-order valence-corrected chi connectivity index (χ3v) is 4.78. The SMILES string of the molecule is O=[N+]([O-])c1c(Nc2cccc(Br)c2)ncnc1NC1CCCCCC1. The van der Waals surface area contributed by atoms with Gasteiger partial charge in [-0.1, -0.05) is 47.7 Å². The maximum atomic E-state index is 11.6. The molecule has 1 heterocycles. The van der Waals surface area contributed by atoms with Crippen LogP contribution in [0.4, 0.5) is 23.0 Å². The first-order chi connectivity index (χ1) is 12.1. The van der Waals surface area contributed by atoms with Crippen LogP contribution in [0.5, 0.6) is 0 Å².